The number of amides is 1. The number of benzene rings is 1. The second kappa shape index (κ2) is 10.5. The Morgan fingerprint density at radius 3 is 2.73 bits per heavy atom. The average Bonchev–Trinajstić information content (AvgIpc) is 2.97. The van der Waals surface area contributed by atoms with E-state index in [1.807, 2.05) is 6.07 Å². The Morgan fingerprint density at radius 2 is 2.04 bits per heavy atom. The quantitative estimate of drug-likeness (QED) is 0.770. The fourth-order valence-corrected chi connectivity index (χ4v) is 3.91. The third-order valence-electron chi connectivity index (χ3n) is 5.41. The number of anilines is 1. The van der Waals surface area contributed by atoms with Gasteiger partial charge in [0, 0.05) is 30.7 Å². The molecule has 0 spiro atoms. The molecule has 0 radical (unpaired) electrons. The molecule has 1 amide bonds. The van der Waals surface area contributed by atoms with Crippen molar-refractivity contribution >= 4 is 36.4 Å². The molecule has 0 aromatic heterocycles. The van der Waals surface area contributed by atoms with Gasteiger partial charge in [0.05, 0.1) is 0 Å². The first-order valence-electron chi connectivity index (χ1n) is 9.42. The van der Waals surface area contributed by atoms with E-state index in [-0.39, 0.29) is 42.7 Å². The molecule has 1 heterocycles. The lowest BCUT2D eigenvalue weighted by atomic mass is 9.85. The molecule has 1 aliphatic carbocycles. The summed E-state index contributed by atoms with van der Waals surface area (Å²) in [7, 11) is 0. The number of nitrogens with one attached hydrogen (secondary N) is 1. The zero-order valence-electron chi connectivity index (χ0n) is 15.9. The first-order valence-corrected chi connectivity index (χ1v) is 9.42. The summed E-state index contributed by atoms with van der Waals surface area (Å²) in [5.74, 6) is 0.950. The summed E-state index contributed by atoms with van der Waals surface area (Å²) in [5.41, 5.74) is 9.70. The Balaban J connectivity index is 0.00000169. The van der Waals surface area contributed by atoms with Gasteiger partial charge in [-0.2, -0.15) is 0 Å². The molecule has 0 saturated heterocycles. The largest absolute Gasteiger partial charge is 0.328 e. The van der Waals surface area contributed by atoms with Crippen LogP contribution in [-0.4, -0.2) is 23.4 Å². The molecule has 3 rings (SSSR count). The van der Waals surface area contributed by atoms with Crippen LogP contribution in [0.5, 0.6) is 0 Å². The molecule has 2 aliphatic rings. The van der Waals surface area contributed by atoms with Gasteiger partial charge in [-0.05, 0) is 55.3 Å². The van der Waals surface area contributed by atoms with E-state index in [9.17, 15) is 4.79 Å². The molecule has 0 bridgehead atoms. The predicted octanol–water partition coefficient (Wildman–Crippen LogP) is 4.35. The lowest BCUT2D eigenvalue weighted by Gasteiger charge is -2.26. The summed E-state index contributed by atoms with van der Waals surface area (Å²) >= 11 is 0. The van der Waals surface area contributed by atoms with Gasteiger partial charge in [0.25, 0.3) is 0 Å². The highest BCUT2D eigenvalue weighted by atomic mass is 35.5. The van der Waals surface area contributed by atoms with Crippen LogP contribution >= 0.6 is 24.8 Å². The van der Waals surface area contributed by atoms with E-state index in [0.29, 0.717) is 0 Å². The molecule has 6 heteroatoms. The molecule has 1 aromatic carbocycles. The van der Waals surface area contributed by atoms with Crippen molar-refractivity contribution in [3.8, 4) is 0 Å². The van der Waals surface area contributed by atoms with Gasteiger partial charge in [0.2, 0.25) is 5.91 Å². The van der Waals surface area contributed by atoms with Gasteiger partial charge < -0.3 is 11.1 Å². The number of hydrogen-bond acceptors (Lipinski definition) is 3. The zero-order chi connectivity index (χ0) is 17.1. The van der Waals surface area contributed by atoms with Crippen LogP contribution in [0, 0.1) is 11.8 Å². The third-order valence-corrected chi connectivity index (χ3v) is 5.41. The topological polar surface area (TPSA) is 58.4 Å². The number of halogens is 2. The van der Waals surface area contributed by atoms with Gasteiger partial charge in [-0.15, -0.1) is 24.8 Å². The van der Waals surface area contributed by atoms with Crippen LogP contribution in [0.15, 0.2) is 18.2 Å². The molecule has 1 aliphatic heterocycles. The summed E-state index contributed by atoms with van der Waals surface area (Å²) in [5, 5.41) is 3.20. The van der Waals surface area contributed by atoms with Crippen LogP contribution in [-0.2, 0) is 17.9 Å². The van der Waals surface area contributed by atoms with E-state index >= 15 is 0 Å². The first kappa shape index (κ1) is 23.2. The summed E-state index contributed by atoms with van der Waals surface area (Å²) in [4.78, 5) is 15.1. The van der Waals surface area contributed by atoms with Crippen molar-refractivity contribution < 1.29 is 4.79 Å². The van der Waals surface area contributed by atoms with E-state index in [0.717, 1.165) is 56.9 Å². The Labute approximate surface area is 170 Å². The number of hydrogen-bond donors (Lipinski definition) is 2. The van der Waals surface area contributed by atoms with Crippen molar-refractivity contribution in [3.63, 3.8) is 0 Å². The Morgan fingerprint density at radius 1 is 1.27 bits per heavy atom. The standard InChI is InChI=1S/C20H31N3O.2ClH/c1-14(2)9-10-23-12-16-6-4-8-19(18(16)13-23)22-20(24)15-5-3-7-17(21)11-15;;/h4,6,8,14-15,17H,3,5,7,9-13,21H2,1-2H3,(H,22,24);2*1H. The van der Waals surface area contributed by atoms with Gasteiger partial charge in [0.1, 0.15) is 0 Å². The summed E-state index contributed by atoms with van der Waals surface area (Å²) in [6.45, 7) is 7.60. The van der Waals surface area contributed by atoms with E-state index in [4.69, 9.17) is 5.73 Å². The van der Waals surface area contributed by atoms with Crippen LogP contribution in [0.3, 0.4) is 0 Å². The van der Waals surface area contributed by atoms with Crippen LogP contribution in [0.4, 0.5) is 5.69 Å². The number of fused-ring (bicyclic) bond motifs is 1. The van der Waals surface area contributed by atoms with Crippen LogP contribution < -0.4 is 11.1 Å². The number of carbonyl (C=O) groups excluding carboxylic acids is 1. The maximum Gasteiger partial charge on any atom is 0.227 e. The van der Waals surface area contributed by atoms with E-state index in [1.54, 1.807) is 0 Å². The van der Waals surface area contributed by atoms with Crippen LogP contribution in [0.2, 0.25) is 0 Å². The number of nitrogens with zero attached hydrogens (tertiary/aromatic N) is 1. The Hall–Kier alpha value is -0.810. The molecule has 4 nitrogen and oxygen atoms in total. The zero-order valence-corrected chi connectivity index (χ0v) is 17.5. The molecular weight excluding hydrogens is 369 g/mol. The van der Waals surface area contributed by atoms with Gasteiger partial charge >= 0.3 is 0 Å². The fourth-order valence-electron chi connectivity index (χ4n) is 3.91. The maximum atomic E-state index is 12.6. The van der Waals surface area contributed by atoms with Gasteiger partial charge in [-0.1, -0.05) is 32.4 Å². The molecular formula is C20H33Cl2N3O. The van der Waals surface area contributed by atoms with Gasteiger partial charge in [-0.3, -0.25) is 9.69 Å². The fraction of sp³-hybridized carbons (Fsp3) is 0.650. The number of nitrogens with two attached hydrogens (primary N) is 1. The lowest BCUT2D eigenvalue weighted by molar-refractivity contribution is -0.120. The molecule has 3 N–H and O–H groups in total. The average molecular weight is 402 g/mol. The molecule has 2 atom stereocenters. The van der Waals surface area contributed by atoms with Crippen molar-refractivity contribution in [2.75, 3.05) is 11.9 Å². The normalized spacial score (nSPS) is 22.3. The van der Waals surface area contributed by atoms with Crippen LogP contribution in [0.25, 0.3) is 0 Å². The van der Waals surface area contributed by atoms with E-state index < -0.39 is 0 Å². The van der Waals surface area contributed by atoms with Crippen LogP contribution in [0.1, 0.15) is 57.1 Å². The SMILES string of the molecule is CC(C)CCN1Cc2cccc(NC(=O)C3CCCC(N)C3)c2C1.Cl.Cl. The smallest absolute Gasteiger partial charge is 0.227 e. The Kier molecular flexibility index (Phi) is 9.39. The molecule has 1 saturated carbocycles. The summed E-state index contributed by atoms with van der Waals surface area (Å²) in [6, 6.07) is 6.48. The summed E-state index contributed by atoms with van der Waals surface area (Å²) < 4.78 is 0. The number of rotatable bonds is 5. The van der Waals surface area contributed by atoms with Crippen molar-refractivity contribution in [2.24, 2.45) is 17.6 Å². The monoisotopic (exact) mass is 401 g/mol. The minimum atomic E-state index is 0. The molecule has 1 fully saturated rings. The van der Waals surface area contributed by atoms with Crippen molar-refractivity contribution in [2.45, 2.75) is 65.1 Å². The maximum absolute atomic E-state index is 12.6. The second-order valence-electron chi connectivity index (χ2n) is 7.95. The highest BCUT2D eigenvalue weighted by Gasteiger charge is 2.27. The first-order chi connectivity index (χ1) is 11.5. The number of carbonyl (C=O) groups is 1. The van der Waals surface area contributed by atoms with Gasteiger partial charge in [-0.25, -0.2) is 0 Å². The molecule has 148 valence electrons. The van der Waals surface area contributed by atoms with E-state index in [2.05, 4.69) is 36.2 Å². The predicted molar refractivity (Wildman–Crippen MR) is 113 cm³/mol. The van der Waals surface area contributed by atoms with Crippen molar-refractivity contribution in [3.05, 3.63) is 29.3 Å². The third kappa shape index (κ3) is 5.85. The molecule has 26 heavy (non-hydrogen) atoms. The molecule has 1 aromatic rings. The summed E-state index contributed by atoms with van der Waals surface area (Å²) in [6.07, 6.45) is 5.12. The minimum absolute atomic E-state index is 0. The molecule has 2 unspecified atom stereocenters. The Bertz CT molecular complexity index is 594. The van der Waals surface area contributed by atoms with Crippen molar-refractivity contribution in [1.82, 2.24) is 4.90 Å². The van der Waals surface area contributed by atoms with Crippen molar-refractivity contribution in [1.29, 1.82) is 0 Å². The van der Waals surface area contributed by atoms with Gasteiger partial charge in [0.15, 0.2) is 0 Å². The highest BCUT2D eigenvalue weighted by molar-refractivity contribution is 5.93. The highest BCUT2D eigenvalue weighted by Crippen LogP contribution is 2.31. The second-order valence-corrected chi connectivity index (χ2v) is 7.95. The lowest BCUT2D eigenvalue weighted by Crippen LogP contribution is -2.34. The van der Waals surface area contributed by atoms with E-state index in [1.165, 1.54) is 17.5 Å². The minimum Gasteiger partial charge on any atom is -0.328 e.